The highest BCUT2D eigenvalue weighted by molar-refractivity contribution is 5.88. The van der Waals surface area contributed by atoms with Gasteiger partial charge in [-0.1, -0.05) is 0 Å². The first-order valence-electron chi connectivity index (χ1n) is 4.25. The standard InChI is InChI=1S/C8H10N2O6/c1-5(11)16-8(15-4-7(13)14)3-2-6(12)9-10-8/h2-3,10H,4H2,1H3,(H,9,12)(H,13,14). The zero-order valence-corrected chi connectivity index (χ0v) is 8.35. The van der Waals surface area contributed by atoms with Gasteiger partial charge >= 0.3 is 17.8 Å². The fourth-order valence-electron chi connectivity index (χ4n) is 0.973. The lowest BCUT2D eigenvalue weighted by Crippen LogP contribution is -2.59. The van der Waals surface area contributed by atoms with E-state index in [1.54, 1.807) is 0 Å². The predicted octanol–water partition coefficient (Wildman–Crippen LogP) is -1.50. The molecule has 16 heavy (non-hydrogen) atoms. The number of ether oxygens (including phenoxy) is 2. The van der Waals surface area contributed by atoms with E-state index >= 15 is 0 Å². The predicted molar refractivity (Wildman–Crippen MR) is 48.5 cm³/mol. The summed E-state index contributed by atoms with van der Waals surface area (Å²) in [6.07, 6.45) is 2.16. The van der Waals surface area contributed by atoms with Crippen molar-refractivity contribution in [3.8, 4) is 0 Å². The third-order valence-electron chi connectivity index (χ3n) is 1.52. The molecule has 1 aliphatic heterocycles. The van der Waals surface area contributed by atoms with Gasteiger partial charge in [0.15, 0.2) is 6.61 Å². The molecule has 1 unspecified atom stereocenters. The normalized spacial score (nSPS) is 23.7. The van der Waals surface area contributed by atoms with Crippen LogP contribution in [0, 0.1) is 0 Å². The molecule has 1 aliphatic rings. The van der Waals surface area contributed by atoms with Crippen LogP contribution in [0.5, 0.6) is 0 Å². The quantitative estimate of drug-likeness (QED) is 0.397. The van der Waals surface area contributed by atoms with E-state index in [2.05, 4.69) is 10.9 Å². The van der Waals surface area contributed by atoms with Crippen LogP contribution >= 0.6 is 0 Å². The Balaban J connectivity index is 2.76. The van der Waals surface area contributed by atoms with Gasteiger partial charge in [0.05, 0.1) is 0 Å². The SMILES string of the molecule is CC(=O)OC1(OCC(=O)O)C=CC(=O)NN1. The van der Waals surface area contributed by atoms with Crippen molar-refractivity contribution in [1.29, 1.82) is 0 Å². The fraction of sp³-hybridized carbons (Fsp3) is 0.375. The Morgan fingerprint density at radius 3 is 2.69 bits per heavy atom. The number of hydrogen-bond donors (Lipinski definition) is 3. The first-order chi connectivity index (χ1) is 7.43. The summed E-state index contributed by atoms with van der Waals surface area (Å²) in [6, 6.07) is 0. The number of carbonyl (C=O) groups is 3. The van der Waals surface area contributed by atoms with Gasteiger partial charge in [-0.15, -0.1) is 0 Å². The Labute approximate surface area is 90.2 Å². The molecule has 0 saturated heterocycles. The van der Waals surface area contributed by atoms with Crippen molar-refractivity contribution in [3.63, 3.8) is 0 Å². The van der Waals surface area contributed by atoms with E-state index in [0.29, 0.717) is 0 Å². The lowest BCUT2D eigenvalue weighted by Gasteiger charge is -2.31. The molecule has 1 heterocycles. The summed E-state index contributed by atoms with van der Waals surface area (Å²) in [6.45, 7) is 0.429. The number of carboxylic acids is 1. The van der Waals surface area contributed by atoms with Gasteiger partial charge in [0.2, 0.25) is 0 Å². The van der Waals surface area contributed by atoms with Crippen molar-refractivity contribution in [3.05, 3.63) is 12.2 Å². The molecule has 8 nitrogen and oxygen atoms in total. The van der Waals surface area contributed by atoms with Crippen LogP contribution in [0.3, 0.4) is 0 Å². The molecule has 1 amide bonds. The van der Waals surface area contributed by atoms with E-state index in [1.165, 1.54) is 0 Å². The van der Waals surface area contributed by atoms with Crippen LogP contribution < -0.4 is 10.9 Å². The van der Waals surface area contributed by atoms with Crippen LogP contribution in [0.25, 0.3) is 0 Å². The Morgan fingerprint density at radius 2 is 2.25 bits per heavy atom. The van der Waals surface area contributed by atoms with Gasteiger partial charge < -0.3 is 14.6 Å². The summed E-state index contributed by atoms with van der Waals surface area (Å²) in [7, 11) is 0. The second kappa shape index (κ2) is 4.73. The Hall–Kier alpha value is -1.93. The summed E-state index contributed by atoms with van der Waals surface area (Å²) < 4.78 is 9.58. The van der Waals surface area contributed by atoms with Crippen LogP contribution in [0.2, 0.25) is 0 Å². The zero-order valence-electron chi connectivity index (χ0n) is 8.35. The number of hydrazine groups is 1. The second-order valence-corrected chi connectivity index (χ2v) is 2.89. The maximum absolute atomic E-state index is 10.8. The molecule has 0 aromatic heterocycles. The molecule has 0 saturated carbocycles. The van der Waals surface area contributed by atoms with Crippen molar-refractivity contribution < 1.29 is 29.0 Å². The molecule has 3 N–H and O–H groups in total. The van der Waals surface area contributed by atoms with Gasteiger partial charge in [-0.2, -0.15) is 5.43 Å². The van der Waals surface area contributed by atoms with E-state index in [1.807, 2.05) is 0 Å². The molecule has 0 aromatic rings. The van der Waals surface area contributed by atoms with Crippen LogP contribution in [-0.4, -0.2) is 35.5 Å². The number of carboxylic acid groups (broad SMARTS) is 1. The molecule has 8 heteroatoms. The minimum absolute atomic E-state index is 0.471. The molecule has 88 valence electrons. The van der Waals surface area contributed by atoms with Crippen molar-refractivity contribution in [2.24, 2.45) is 0 Å². The van der Waals surface area contributed by atoms with Crippen LogP contribution in [0.4, 0.5) is 0 Å². The number of nitrogens with one attached hydrogen (secondary N) is 2. The molecule has 1 atom stereocenters. The average molecular weight is 230 g/mol. The number of carbonyl (C=O) groups excluding carboxylic acids is 2. The van der Waals surface area contributed by atoms with Gasteiger partial charge in [-0.25, -0.2) is 4.79 Å². The van der Waals surface area contributed by atoms with Crippen molar-refractivity contribution >= 4 is 17.8 Å². The van der Waals surface area contributed by atoms with E-state index in [9.17, 15) is 14.4 Å². The lowest BCUT2D eigenvalue weighted by atomic mass is 10.3. The number of rotatable bonds is 4. The van der Waals surface area contributed by atoms with Crippen molar-refractivity contribution in [1.82, 2.24) is 10.9 Å². The monoisotopic (exact) mass is 230 g/mol. The summed E-state index contributed by atoms with van der Waals surface area (Å²) in [5.41, 5.74) is 4.39. The van der Waals surface area contributed by atoms with Crippen LogP contribution in [0.1, 0.15) is 6.92 Å². The minimum Gasteiger partial charge on any atom is -0.480 e. The van der Waals surface area contributed by atoms with Crippen LogP contribution in [0.15, 0.2) is 12.2 Å². The van der Waals surface area contributed by atoms with Crippen LogP contribution in [-0.2, 0) is 23.9 Å². The smallest absolute Gasteiger partial charge is 0.329 e. The molecule has 0 aliphatic carbocycles. The summed E-state index contributed by atoms with van der Waals surface area (Å²) in [5.74, 6) is -4.18. The third kappa shape index (κ3) is 3.33. The first-order valence-corrected chi connectivity index (χ1v) is 4.25. The highest BCUT2D eigenvalue weighted by Gasteiger charge is 2.35. The minimum atomic E-state index is -1.78. The molecule has 0 radical (unpaired) electrons. The molecular weight excluding hydrogens is 220 g/mol. The summed E-state index contributed by atoms with van der Waals surface area (Å²) >= 11 is 0. The summed E-state index contributed by atoms with van der Waals surface area (Å²) in [4.78, 5) is 31.9. The maximum atomic E-state index is 10.8. The zero-order chi connectivity index (χ0) is 12.2. The maximum Gasteiger partial charge on any atom is 0.329 e. The second-order valence-electron chi connectivity index (χ2n) is 2.89. The molecule has 1 rings (SSSR count). The third-order valence-corrected chi connectivity index (χ3v) is 1.52. The van der Waals surface area contributed by atoms with E-state index in [-0.39, 0.29) is 0 Å². The van der Waals surface area contributed by atoms with Crippen molar-refractivity contribution in [2.45, 2.75) is 12.8 Å². The van der Waals surface area contributed by atoms with Gasteiger partial charge in [0.1, 0.15) is 0 Å². The number of hydrogen-bond acceptors (Lipinski definition) is 6. The van der Waals surface area contributed by atoms with Gasteiger partial charge in [0.25, 0.3) is 5.91 Å². The van der Waals surface area contributed by atoms with E-state index < -0.39 is 30.4 Å². The highest BCUT2D eigenvalue weighted by Crippen LogP contribution is 2.13. The number of esters is 1. The highest BCUT2D eigenvalue weighted by atomic mass is 16.7. The number of aliphatic carboxylic acids is 1. The topological polar surface area (TPSA) is 114 Å². The van der Waals surface area contributed by atoms with Gasteiger partial charge in [0, 0.05) is 19.1 Å². The Morgan fingerprint density at radius 1 is 1.56 bits per heavy atom. The Bertz CT molecular complexity index is 352. The first kappa shape index (κ1) is 12.1. The van der Waals surface area contributed by atoms with E-state index in [0.717, 1.165) is 19.1 Å². The fourth-order valence-corrected chi connectivity index (χ4v) is 0.973. The van der Waals surface area contributed by atoms with E-state index in [4.69, 9.17) is 14.6 Å². The van der Waals surface area contributed by atoms with Crippen molar-refractivity contribution in [2.75, 3.05) is 6.61 Å². The molecule has 0 spiro atoms. The molecule has 0 fully saturated rings. The Kier molecular flexibility index (Phi) is 3.59. The molecule has 0 aromatic carbocycles. The number of amides is 1. The van der Waals surface area contributed by atoms with Gasteiger partial charge in [-0.05, 0) is 0 Å². The lowest BCUT2D eigenvalue weighted by molar-refractivity contribution is -0.229. The average Bonchev–Trinajstić information content (AvgIpc) is 2.19. The van der Waals surface area contributed by atoms with Gasteiger partial charge in [-0.3, -0.25) is 15.0 Å². The molecule has 0 bridgehead atoms. The summed E-state index contributed by atoms with van der Waals surface area (Å²) in [5, 5.41) is 8.44. The largest absolute Gasteiger partial charge is 0.480 e. The molecular formula is C8H10N2O6.